The van der Waals surface area contributed by atoms with Gasteiger partial charge < -0.3 is 5.11 Å². The minimum absolute atomic E-state index is 0.0246. The van der Waals surface area contributed by atoms with E-state index in [0.29, 0.717) is 6.42 Å². The zero-order valence-electron chi connectivity index (χ0n) is 10.1. The van der Waals surface area contributed by atoms with Crippen molar-refractivity contribution in [2.45, 2.75) is 33.6 Å². The maximum absolute atomic E-state index is 11.9. The van der Waals surface area contributed by atoms with Crippen molar-refractivity contribution in [3.8, 4) is 0 Å². The van der Waals surface area contributed by atoms with Gasteiger partial charge in [0.2, 0.25) is 10.0 Å². The maximum Gasteiger partial charge on any atom is 0.318 e. The van der Waals surface area contributed by atoms with Crippen molar-refractivity contribution in [3.63, 3.8) is 0 Å². The van der Waals surface area contributed by atoms with Crippen LogP contribution in [-0.4, -0.2) is 42.6 Å². The predicted octanol–water partition coefficient (Wildman–Crippen LogP) is 1.16. The van der Waals surface area contributed by atoms with Crippen LogP contribution >= 0.6 is 0 Å². The van der Waals surface area contributed by atoms with E-state index in [1.54, 1.807) is 0 Å². The molecule has 16 heavy (non-hydrogen) atoms. The molecule has 1 atom stereocenters. The normalized spacial score (nSPS) is 14.0. The van der Waals surface area contributed by atoms with Gasteiger partial charge >= 0.3 is 5.97 Å². The molecule has 1 unspecified atom stereocenters. The number of carboxylic acid groups (broad SMARTS) is 1. The van der Waals surface area contributed by atoms with Gasteiger partial charge in [0.1, 0.15) is 6.54 Å². The molecule has 0 fully saturated rings. The van der Waals surface area contributed by atoms with E-state index in [1.807, 2.05) is 20.8 Å². The molecule has 1 N–H and O–H groups in total. The third-order valence-corrected chi connectivity index (χ3v) is 4.46. The molecule has 0 rings (SSSR count). The van der Waals surface area contributed by atoms with Crippen LogP contribution in [0.4, 0.5) is 0 Å². The first kappa shape index (κ1) is 15.4. The summed E-state index contributed by atoms with van der Waals surface area (Å²) in [6, 6.07) is 0. The third kappa shape index (κ3) is 5.46. The average molecular weight is 251 g/mol. The van der Waals surface area contributed by atoms with Gasteiger partial charge in [0.15, 0.2) is 0 Å². The molecular formula is C10H21NO4S. The molecule has 0 aliphatic rings. The Balaban J connectivity index is 4.68. The van der Waals surface area contributed by atoms with E-state index in [0.717, 1.165) is 10.7 Å². The number of carbonyl (C=O) groups is 1. The number of hydrogen-bond acceptors (Lipinski definition) is 3. The van der Waals surface area contributed by atoms with Crippen molar-refractivity contribution in [1.29, 1.82) is 0 Å². The highest BCUT2D eigenvalue weighted by Crippen LogP contribution is 2.10. The second-order valence-corrected chi connectivity index (χ2v) is 6.03. The summed E-state index contributed by atoms with van der Waals surface area (Å²) in [5.74, 6) is -1.03. The number of carboxylic acids is 1. The fourth-order valence-corrected chi connectivity index (χ4v) is 3.23. The zero-order chi connectivity index (χ0) is 12.8. The van der Waals surface area contributed by atoms with Crippen LogP contribution in [0.25, 0.3) is 0 Å². The fraction of sp³-hybridized carbons (Fsp3) is 0.900. The molecule has 0 aliphatic carbocycles. The minimum Gasteiger partial charge on any atom is -0.480 e. The third-order valence-electron chi connectivity index (χ3n) is 2.37. The smallest absolute Gasteiger partial charge is 0.318 e. The van der Waals surface area contributed by atoms with E-state index in [-0.39, 0.29) is 18.2 Å². The van der Waals surface area contributed by atoms with E-state index in [9.17, 15) is 13.2 Å². The topological polar surface area (TPSA) is 74.7 Å². The minimum atomic E-state index is -3.44. The average Bonchev–Trinajstić information content (AvgIpc) is 2.15. The van der Waals surface area contributed by atoms with Crippen molar-refractivity contribution in [2.75, 3.05) is 18.8 Å². The lowest BCUT2D eigenvalue weighted by Gasteiger charge is -2.21. The lowest BCUT2D eigenvalue weighted by atomic mass is 10.2. The number of nitrogens with zero attached hydrogens (tertiary/aromatic N) is 1. The quantitative estimate of drug-likeness (QED) is 0.702. The summed E-state index contributed by atoms with van der Waals surface area (Å²) in [6.07, 6.45) is 1.39. The highest BCUT2D eigenvalue weighted by Gasteiger charge is 2.25. The molecule has 0 amide bonds. The summed E-state index contributed by atoms with van der Waals surface area (Å²) in [6.45, 7) is 5.43. The second kappa shape index (κ2) is 6.85. The molecule has 0 radical (unpaired) electrons. The first-order chi connectivity index (χ1) is 7.33. The highest BCUT2D eigenvalue weighted by atomic mass is 32.2. The Bertz CT molecular complexity index is 313. The fourth-order valence-electron chi connectivity index (χ4n) is 1.30. The molecule has 0 heterocycles. The molecule has 0 aromatic rings. The Morgan fingerprint density at radius 3 is 2.31 bits per heavy atom. The van der Waals surface area contributed by atoms with Crippen molar-refractivity contribution in [2.24, 2.45) is 5.92 Å². The van der Waals surface area contributed by atoms with Gasteiger partial charge in [-0.1, -0.05) is 27.2 Å². The first-order valence-electron chi connectivity index (χ1n) is 5.53. The monoisotopic (exact) mass is 251 g/mol. The molecule has 0 bridgehead atoms. The first-order valence-corrected chi connectivity index (χ1v) is 7.14. The van der Waals surface area contributed by atoms with E-state index in [4.69, 9.17) is 5.11 Å². The molecule has 96 valence electrons. The van der Waals surface area contributed by atoms with Gasteiger partial charge in [0.05, 0.1) is 5.75 Å². The number of rotatable bonds is 8. The van der Waals surface area contributed by atoms with E-state index >= 15 is 0 Å². The Morgan fingerprint density at radius 2 is 1.94 bits per heavy atom. The van der Waals surface area contributed by atoms with Crippen molar-refractivity contribution in [1.82, 2.24) is 4.31 Å². The van der Waals surface area contributed by atoms with Gasteiger partial charge in [-0.3, -0.25) is 4.79 Å². The van der Waals surface area contributed by atoms with Gasteiger partial charge in [0, 0.05) is 6.54 Å². The standard InChI is InChI=1S/C10H21NO4S/c1-4-6-11(7-10(12)13)16(14,15)8-9(3)5-2/h9H,4-8H2,1-3H3,(H,12,13). The Hall–Kier alpha value is -0.620. The Kier molecular flexibility index (Phi) is 6.59. The Labute approximate surface area is 97.5 Å². The second-order valence-electron chi connectivity index (χ2n) is 4.02. The number of aliphatic carboxylic acids is 1. The van der Waals surface area contributed by atoms with Gasteiger partial charge in [-0.15, -0.1) is 0 Å². The van der Waals surface area contributed by atoms with E-state index in [2.05, 4.69) is 0 Å². The van der Waals surface area contributed by atoms with E-state index in [1.165, 1.54) is 0 Å². The summed E-state index contributed by atoms with van der Waals surface area (Å²) in [4.78, 5) is 10.6. The van der Waals surface area contributed by atoms with Crippen LogP contribution in [0.5, 0.6) is 0 Å². The largest absolute Gasteiger partial charge is 0.480 e. The number of hydrogen-bond donors (Lipinski definition) is 1. The molecule has 0 spiro atoms. The van der Waals surface area contributed by atoms with Gasteiger partial charge in [-0.2, -0.15) is 4.31 Å². The highest BCUT2D eigenvalue weighted by molar-refractivity contribution is 7.89. The summed E-state index contributed by atoms with van der Waals surface area (Å²) >= 11 is 0. The summed E-state index contributed by atoms with van der Waals surface area (Å²) in [5, 5.41) is 8.66. The van der Waals surface area contributed by atoms with Crippen molar-refractivity contribution >= 4 is 16.0 Å². The summed E-state index contributed by atoms with van der Waals surface area (Å²) in [7, 11) is -3.44. The van der Waals surface area contributed by atoms with Crippen LogP contribution in [-0.2, 0) is 14.8 Å². The molecule has 5 nitrogen and oxygen atoms in total. The van der Waals surface area contributed by atoms with Crippen molar-refractivity contribution < 1.29 is 18.3 Å². The SMILES string of the molecule is CCCN(CC(=O)O)S(=O)(=O)CC(C)CC. The maximum atomic E-state index is 11.9. The molecular weight excluding hydrogens is 230 g/mol. The lowest BCUT2D eigenvalue weighted by molar-refractivity contribution is -0.137. The van der Waals surface area contributed by atoms with Crippen LogP contribution < -0.4 is 0 Å². The number of sulfonamides is 1. The lowest BCUT2D eigenvalue weighted by Crippen LogP contribution is -2.39. The van der Waals surface area contributed by atoms with Gasteiger partial charge in [-0.25, -0.2) is 8.42 Å². The molecule has 0 aromatic carbocycles. The molecule has 0 saturated carbocycles. The summed E-state index contributed by atoms with van der Waals surface area (Å²) in [5.41, 5.74) is 0. The van der Waals surface area contributed by atoms with E-state index < -0.39 is 22.5 Å². The van der Waals surface area contributed by atoms with Crippen LogP contribution in [0.1, 0.15) is 33.6 Å². The van der Waals surface area contributed by atoms with Crippen molar-refractivity contribution in [3.05, 3.63) is 0 Å². The summed E-state index contributed by atoms with van der Waals surface area (Å²) < 4.78 is 24.8. The Morgan fingerprint density at radius 1 is 1.38 bits per heavy atom. The van der Waals surface area contributed by atoms with Crippen LogP contribution in [0, 0.1) is 5.92 Å². The van der Waals surface area contributed by atoms with Crippen LogP contribution in [0.15, 0.2) is 0 Å². The predicted molar refractivity (Wildman–Crippen MR) is 62.7 cm³/mol. The van der Waals surface area contributed by atoms with Crippen LogP contribution in [0.3, 0.4) is 0 Å². The molecule has 0 saturated heterocycles. The molecule has 0 aliphatic heterocycles. The van der Waals surface area contributed by atoms with Gasteiger partial charge in [0.25, 0.3) is 0 Å². The van der Waals surface area contributed by atoms with Gasteiger partial charge in [-0.05, 0) is 12.3 Å². The molecule has 6 heteroatoms. The molecule has 0 aromatic heterocycles. The van der Waals surface area contributed by atoms with Crippen LogP contribution in [0.2, 0.25) is 0 Å². The zero-order valence-corrected chi connectivity index (χ0v) is 11.0.